The number of carbonyl (C=O) groups excluding carboxylic acids is 3. The molecule has 4 aliphatic rings. The van der Waals surface area contributed by atoms with E-state index in [1.165, 1.54) is 32.1 Å². The highest BCUT2D eigenvalue weighted by Gasteiger charge is 2.41. The summed E-state index contributed by atoms with van der Waals surface area (Å²) in [6.45, 7) is 3.37. The first-order chi connectivity index (χ1) is 14.5. The minimum absolute atomic E-state index is 0.0850. The summed E-state index contributed by atoms with van der Waals surface area (Å²) < 4.78 is 0. The minimum atomic E-state index is -0.557. The molecule has 0 aromatic heterocycles. The van der Waals surface area contributed by atoms with Gasteiger partial charge in [0.15, 0.2) is 0 Å². The highest BCUT2D eigenvalue weighted by atomic mass is 16.2. The molecular weight excluding hydrogens is 380 g/mol. The van der Waals surface area contributed by atoms with Crippen LogP contribution in [0, 0.1) is 5.41 Å². The summed E-state index contributed by atoms with van der Waals surface area (Å²) in [5.74, 6) is -0.697. The third-order valence-corrected chi connectivity index (χ3v) is 7.59. The summed E-state index contributed by atoms with van der Waals surface area (Å²) in [7, 11) is 0. The second-order valence-corrected chi connectivity index (χ2v) is 9.42. The predicted octanol–water partition coefficient (Wildman–Crippen LogP) is 1.46. The van der Waals surface area contributed by atoms with Crippen molar-refractivity contribution in [3.63, 3.8) is 0 Å². The van der Waals surface area contributed by atoms with Gasteiger partial charge in [0.05, 0.1) is 0 Å². The highest BCUT2D eigenvalue weighted by molar-refractivity contribution is 6.05. The molecule has 30 heavy (non-hydrogen) atoms. The zero-order chi connectivity index (χ0) is 20.7. The molecule has 1 aromatic rings. The lowest BCUT2D eigenvalue weighted by molar-refractivity contribution is -0.136. The van der Waals surface area contributed by atoms with E-state index in [1.807, 2.05) is 18.2 Å². The lowest BCUT2D eigenvalue weighted by atomic mass is 9.77. The van der Waals surface area contributed by atoms with E-state index in [2.05, 4.69) is 16.0 Å². The zero-order valence-corrected chi connectivity index (χ0v) is 17.3. The average molecular weight is 411 g/mol. The number of fused-ring (bicyclic) bond motifs is 1. The second kappa shape index (κ2) is 7.78. The number of amides is 3. The normalized spacial score (nSPS) is 28.1. The van der Waals surface area contributed by atoms with E-state index in [-0.39, 0.29) is 24.1 Å². The molecule has 7 nitrogen and oxygen atoms in total. The summed E-state index contributed by atoms with van der Waals surface area (Å²) in [6.07, 6.45) is 6.93. The van der Waals surface area contributed by atoms with Crippen LogP contribution in [-0.2, 0) is 22.7 Å². The van der Waals surface area contributed by atoms with Crippen LogP contribution in [0.25, 0.3) is 0 Å². The third kappa shape index (κ3) is 3.54. The maximum atomic E-state index is 13.2. The van der Waals surface area contributed by atoms with Gasteiger partial charge >= 0.3 is 0 Å². The number of hydrogen-bond acceptors (Lipinski definition) is 5. The fourth-order valence-electron chi connectivity index (χ4n) is 5.88. The molecule has 1 saturated carbocycles. The van der Waals surface area contributed by atoms with Gasteiger partial charge in [-0.1, -0.05) is 18.2 Å². The monoisotopic (exact) mass is 410 g/mol. The van der Waals surface area contributed by atoms with Crippen molar-refractivity contribution < 1.29 is 14.4 Å². The van der Waals surface area contributed by atoms with Gasteiger partial charge in [0.1, 0.15) is 6.04 Å². The smallest absolute Gasteiger partial charge is 0.255 e. The zero-order valence-electron chi connectivity index (χ0n) is 17.3. The number of piperidine rings is 2. The van der Waals surface area contributed by atoms with E-state index in [9.17, 15) is 14.4 Å². The van der Waals surface area contributed by atoms with Crippen LogP contribution in [0.2, 0.25) is 0 Å². The molecule has 0 radical (unpaired) electrons. The predicted molar refractivity (Wildman–Crippen MR) is 112 cm³/mol. The van der Waals surface area contributed by atoms with Gasteiger partial charge in [0, 0.05) is 31.1 Å². The molecule has 3 fully saturated rings. The van der Waals surface area contributed by atoms with Crippen LogP contribution in [0.3, 0.4) is 0 Å². The lowest BCUT2D eigenvalue weighted by Gasteiger charge is -2.34. The van der Waals surface area contributed by atoms with Crippen LogP contribution in [0.1, 0.15) is 66.4 Å². The van der Waals surface area contributed by atoms with E-state index in [4.69, 9.17) is 0 Å². The van der Waals surface area contributed by atoms with Crippen molar-refractivity contribution in [1.29, 1.82) is 0 Å². The van der Waals surface area contributed by atoms with Gasteiger partial charge in [-0.25, -0.2) is 0 Å². The maximum absolute atomic E-state index is 13.2. The first-order valence-electron chi connectivity index (χ1n) is 11.2. The van der Waals surface area contributed by atoms with Crippen LogP contribution in [0.15, 0.2) is 18.2 Å². The standard InChI is InChI=1S/C23H30N4O3/c28-19-5-4-18(21(29)26-19)27-14-16-3-1-2-15(20(16)22(27)30)13-25-17-6-7-23(12-17)8-10-24-11-9-23/h1-3,17-18,24-25H,4-14H2,(H,26,28,29). The summed E-state index contributed by atoms with van der Waals surface area (Å²) in [5, 5.41) is 9.55. The van der Waals surface area contributed by atoms with E-state index < -0.39 is 6.04 Å². The largest absolute Gasteiger partial charge is 0.322 e. The Labute approximate surface area is 177 Å². The highest BCUT2D eigenvalue weighted by Crippen LogP contribution is 2.45. The summed E-state index contributed by atoms with van der Waals surface area (Å²) in [5.41, 5.74) is 3.23. The average Bonchev–Trinajstić information content (AvgIpc) is 3.28. The first kappa shape index (κ1) is 19.7. The number of nitrogens with one attached hydrogen (secondary N) is 3. The Morgan fingerprint density at radius 3 is 2.73 bits per heavy atom. The number of rotatable bonds is 4. The molecule has 7 heteroatoms. The maximum Gasteiger partial charge on any atom is 0.255 e. The summed E-state index contributed by atoms with van der Waals surface area (Å²) >= 11 is 0. The minimum Gasteiger partial charge on any atom is -0.322 e. The molecule has 3 aliphatic heterocycles. The van der Waals surface area contributed by atoms with Gasteiger partial charge in [-0.15, -0.1) is 0 Å². The van der Waals surface area contributed by atoms with Crippen LogP contribution in [0.5, 0.6) is 0 Å². The van der Waals surface area contributed by atoms with Crippen molar-refractivity contribution in [2.75, 3.05) is 13.1 Å². The van der Waals surface area contributed by atoms with E-state index in [0.717, 1.165) is 29.8 Å². The Morgan fingerprint density at radius 2 is 1.93 bits per heavy atom. The van der Waals surface area contributed by atoms with Crippen LogP contribution >= 0.6 is 0 Å². The quantitative estimate of drug-likeness (QED) is 0.654. The van der Waals surface area contributed by atoms with Crippen LogP contribution < -0.4 is 16.0 Å². The molecule has 3 heterocycles. The van der Waals surface area contributed by atoms with Gasteiger partial charge in [-0.05, 0) is 68.2 Å². The SMILES string of the molecule is O=C1CCC(N2Cc3cccc(CNC4CCC5(CCNCC5)C4)c3C2=O)C(=O)N1. The molecule has 1 spiro atoms. The van der Waals surface area contributed by atoms with Gasteiger partial charge in [0.25, 0.3) is 5.91 Å². The number of nitrogens with zero attached hydrogens (tertiary/aromatic N) is 1. The van der Waals surface area contributed by atoms with Crippen LogP contribution in [-0.4, -0.2) is 47.8 Å². The van der Waals surface area contributed by atoms with Gasteiger partial charge in [-0.2, -0.15) is 0 Å². The van der Waals surface area contributed by atoms with Crippen molar-refractivity contribution >= 4 is 17.7 Å². The number of carbonyl (C=O) groups is 3. The van der Waals surface area contributed by atoms with Crippen molar-refractivity contribution in [1.82, 2.24) is 20.9 Å². The molecule has 2 unspecified atom stereocenters. The fourth-order valence-corrected chi connectivity index (χ4v) is 5.88. The Kier molecular flexibility index (Phi) is 5.11. The molecule has 3 N–H and O–H groups in total. The molecular formula is C23H30N4O3. The first-order valence-corrected chi connectivity index (χ1v) is 11.2. The summed E-state index contributed by atoms with van der Waals surface area (Å²) in [6, 6.07) is 5.94. The van der Waals surface area contributed by atoms with Crippen molar-refractivity contribution in [3.05, 3.63) is 34.9 Å². The van der Waals surface area contributed by atoms with Gasteiger partial charge in [0.2, 0.25) is 11.8 Å². The van der Waals surface area contributed by atoms with Crippen molar-refractivity contribution in [2.24, 2.45) is 5.41 Å². The van der Waals surface area contributed by atoms with E-state index in [1.54, 1.807) is 4.90 Å². The second-order valence-electron chi connectivity index (χ2n) is 9.42. The molecule has 5 rings (SSSR count). The molecule has 1 aliphatic carbocycles. The Balaban J connectivity index is 1.26. The third-order valence-electron chi connectivity index (χ3n) is 7.59. The lowest BCUT2D eigenvalue weighted by Crippen LogP contribution is -2.52. The van der Waals surface area contributed by atoms with Crippen molar-refractivity contribution in [2.45, 2.75) is 70.1 Å². The molecule has 3 amide bonds. The number of benzene rings is 1. The molecule has 0 bridgehead atoms. The van der Waals surface area contributed by atoms with Crippen LogP contribution in [0.4, 0.5) is 0 Å². The Bertz CT molecular complexity index is 877. The van der Waals surface area contributed by atoms with E-state index in [0.29, 0.717) is 31.0 Å². The number of hydrogen-bond donors (Lipinski definition) is 3. The Hall–Kier alpha value is -2.25. The van der Waals surface area contributed by atoms with E-state index >= 15 is 0 Å². The molecule has 160 valence electrons. The number of imide groups is 1. The van der Waals surface area contributed by atoms with Gasteiger partial charge in [-0.3, -0.25) is 19.7 Å². The molecule has 2 saturated heterocycles. The molecule has 2 atom stereocenters. The van der Waals surface area contributed by atoms with Crippen molar-refractivity contribution in [3.8, 4) is 0 Å². The van der Waals surface area contributed by atoms with Gasteiger partial charge < -0.3 is 15.5 Å². The Morgan fingerprint density at radius 1 is 1.10 bits per heavy atom. The fraction of sp³-hybridized carbons (Fsp3) is 0.609. The summed E-state index contributed by atoms with van der Waals surface area (Å²) in [4.78, 5) is 38.6. The topological polar surface area (TPSA) is 90.5 Å². The molecule has 1 aromatic carbocycles.